The second-order valence-electron chi connectivity index (χ2n) is 5.96. The lowest BCUT2D eigenvalue weighted by molar-refractivity contribution is -0.119. The minimum absolute atomic E-state index is 0.0225. The average molecular weight is 394 g/mol. The summed E-state index contributed by atoms with van der Waals surface area (Å²) in [5.41, 5.74) is 1.76. The molecule has 1 N–H and O–H groups in total. The minimum Gasteiger partial charge on any atom is -0.465 e. The first-order valence-corrected chi connectivity index (χ1v) is 8.62. The predicted molar refractivity (Wildman–Crippen MR) is 103 cm³/mol. The van der Waals surface area contributed by atoms with Gasteiger partial charge in [0, 0.05) is 5.69 Å². The fraction of sp³-hybridized carbons (Fsp3) is 0.150. The lowest BCUT2D eigenvalue weighted by Crippen LogP contribution is -2.21. The van der Waals surface area contributed by atoms with Crippen LogP contribution in [0.4, 0.5) is 5.69 Å². The highest BCUT2D eigenvalue weighted by molar-refractivity contribution is 5.96. The number of aromatic nitrogens is 3. The minimum atomic E-state index is -0.761. The highest BCUT2D eigenvalue weighted by atomic mass is 16.5. The molecule has 1 aromatic heterocycles. The van der Waals surface area contributed by atoms with Crippen molar-refractivity contribution in [1.82, 2.24) is 15.0 Å². The number of methoxy groups -OCH3 is 1. The highest BCUT2D eigenvalue weighted by Gasteiger charge is 2.19. The molecule has 0 aliphatic carbocycles. The van der Waals surface area contributed by atoms with Crippen LogP contribution < -0.4 is 5.32 Å². The van der Waals surface area contributed by atoms with Gasteiger partial charge < -0.3 is 14.8 Å². The number of carbonyl (C=O) groups is 3. The Balaban J connectivity index is 1.60. The summed E-state index contributed by atoms with van der Waals surface area (Å²) in [5, 5.41) is 10.9. The zero-order valence-corrected chi connectivity index (χ0v) is 15.8. The predicted octanol–water partition coefficient (Wildman–Crippen LogP) is 2.16. The average Bonchev–Trinajstić information content (AvgIpc) is 3.14. The monoisotopic (exact) mass is 394 g/mol. The second-order valence-corrected chi connectivity index (χ2v) is 5.96. The van der Waals surface area contributed by atoms with Crippen molar-refractivity contribution in [3.8, 4) is 5.69 Å². The number of hydrogen-bond acceptors (Lipinski definition) is 7. The first kappa shape index (κ1) is 19.7. The zero-order valence-electron chi connectivity index (χ0n) is 15.8. The Morgan fingerprint density at radius 1 is 1.00 bits per heavy atom. The van der Waals surface area contributed by atoms with E-state index >= 15 is 0 Å². The normalized spacial score (nSPS) is 10.3. The van der Waals surface area contributed by atoms with Crippen LogP contribution >= 0.6 is 0 Å². The van der Waals surface area contributed by atoms with E-state index in [1.165, 1.54) is 18.0 Å². The Labute approximate surface area is 166 Å². The lowest BCUT2D eigenvalue weighted by atomic mass is 10.2. The summed E-state index contributed by atoms with van der Waals surface area (Å²) in [4.78, 5) is 37.2. The van der Waals surface area contributed by atoms with Gasteiger partial charge in [-0.2, -0.15) is 9.90 Å². The van der Waals surface area contributed by atoms with E-state index in [1.54, 1.807) is 37.3 Å². The van der Waals surface area contributed by atoms with Crippen LogP contribution in [0.25, 0.3) is 5.69 Å². The number of rotatable bonds is 6. The van der Waals surface area contributed by atoms with Gasteiger partial charge in [-0.25, -0.2) is 9.59 Å². The van der Waals surface area contributed by atoms with Gasteiger partial charge in [0.1, 0.15) is 0 Å². The van der Waals surface area contributed by atoms with Crippen LogP contribution in [0.15, 0.2) is 54.6 Å². The van der Waals surface area contributed by atoms with Gasteiger partial charge in [-0.05, 0) is 37.3 Å². The number of anilines is 1. The summed E-state index contributed by atoms with van der Waals surface area (Å²) in [7, 11) is 1.27. The molecule has 0 unspecified atom stereocenters. The number of esters is 2. The van der Waals surface area contributed by atoms with Gasteiger partial charge in [0.25, 0.3) is 5.91 Å². The highest BCUT2D eigenvalue weighted by Crippen LogP contribution is 2.12. The summed E-state index contributed by atoms with van der Waals surface area (Å²) < 4.78 is 9.67. The number of aryl methyl sites for hydroxylation is 1. The number of para-hydroxylation sites is 1. The van der Waals surface area contributed by atoms with Crippen molar-refractivity contribution in [3.63, 3.8) is 0 Å². The molecular weight excluding hydrogens is 376 g/mol. The van der Waals surface area contributed by atoms with Gasteiger partial charge in [-0.3, -0.25) is 4.79 Å². The molecule has 148 valence electrons. The molecular formula is C20H18N4O5. The van der Waals surface area contributed by atoms with Crippen molar-refractivity contribution in [3.05, 3.63) is 71.5 Å². The van der Waals surface area contributed by atoms with Gasteiger partial charge >= 0.3 is 11.9 Å². The number of amides is 1. The third-order valence-corrected chi connectivity index (χ3v) is 3.86. The maximum absolute atomic E-state index is 12.3. The van der Waals surface area contributed by atoms with Gasteiger partial charge in [-0.1, -0.05) is 24.3 Å². The summed E-state index contributed by atoms with van der Waals surface area (Å²) in [6.07, 6.45) is 0. The van der Waals surface area contributed by atoms with E-state index in [0.29, 0.717) is 17.1 Å². The summed E-state index contributed by atoms with van der Waals surface area (Å²) in [6.45, 7) is 1.11. The molecule has 3 rings (SSSR count). The third-order valence-electron chi connectivity index (χ3n) is 3.86. The Morgan fingerprint density at radius 3 is 2.48 bits per heavy atom. The van der Waals surface area contributed by atoms with Gasteiger partial charge in [0.15, 0.2) is 12.3 Å². The van der Waals surface area contributed by atoms with Crippen molar-refractivity contribution in [2.75, 3.05) is 19.0 Å². The quantitative estimate of drug-likeness (QED) is 0.638. The first-order chi connectivity index (χ1) is 14.0. The van der Waals surface area contributed by atoms with E-state index in [-0.39, 0.29) is 11.3 Å². The molecule has 0 aliphatic rings. The zero-order chi connectivity index (χ0) is 20.8. The number of benzene rings is 2. The Bertz CT molecular complexity index is 1050. The Kier molecular flexibility index (Phi) is 5.98. The standard InChI is InChI=1S/C20H18N4O5/c1-13-18(23-24(22-13)16-9-4-3-5-10-16)20(27)29-12-17(25)21-15-8-6-7-14(11-15)19(26)28-2/h3-11H,12H2,1-2H3,(H,21,25). The number of carbonyl (C=O) groups excluding carboxylic acids is 3. The van der Waals surface area contributed by atoms with E-state index < -0.39 is 24.5 Å². The largest absolute Gasteiger partial charge is 0.465 e. The van der Waals surface area contributed by atoms with Gasteiger partial charge in [-0.15, -0.1) is 5.10 Å². The van der Waals surface area contributed by atoms with E-state index in [2.05, 4.69) is 20.3 Å². The number of hydrogen-bond donors (Lipinski definition) is 1. The molecule has 0 saturated carbocycles. The lowest BCUT2D eigenvalue weighted by Gasteiger charge is -2.07. The maximum atomic E-state index is 12.3. The van der Waals surface area contributed by atoms with Crippen LogP contribution in [0.5, 0.6) is 0 Å². The van der Waals surface area contributed by atoms with Crippen molar-refractivity contribution in [1.29, 1.82) is 0 Å². The molecule has 9 nitrogen and oxygen atoms in total. The molecule has 0 radical (unpaired) electrons. The molecule has 0 aliphatic heterocycles. The summed E-state index contributed by atoms with van der Waals surface area (Å²) in [6, 6.07) is 15.3. The number of nitrogens with one attached hydrogen (secondary N) is 1. The molecule has 3 aromatic rings. The molecule has 0 spiro atoms. The van der Waals surface area contributed by atoms with Crippen molar-refractivity contribution in [2.45, 2.75) is 6.92 Å². The van der Waals surface area contributed by atoms with Crippen LogP contribution in [0.1, 0.15) is 26.5 Å². The number of nitrogens with zero attached hydrogens (tertiary/aromatic N) is 3. The molecule has 1 heterocycles. The van der Waals surface area contributed by atoms with Crippen LogP contribution in [0.3, 0.4) is 0 Å². The van der Waals surface area contributed by atoms with E-state index in [4.69, 9.17) is 4.74 Å². The van der Waals surface area contributed by atoms with E-state index in [1.807, 2.05) is 18.2 Å². The van der Waals surface area contributed by atoms with E-state index in [0.717, 1.165) is 0 Å². The van der Waals surface area contributed by atoms with E-state index in [9.17, 15) is 14.4 Å². The SMILES string of the molecule is COC(=O)c1cccc(NC(=O)COC(=O)c2nn(-c3ccccc3)nc2C)c1. The summed E-state index contributed by atoms with van der Waals surface area (Å²) >= 11 is 0. The number of ether oxygens (including phenoxy) is 2. The second kappa shape index (κ2) is 8.79. The van der Waals surface area contributed by atoms with Crippen molar-refractivity contribution < 1.29 is 23.9 Å². The topological polar surface area (TPSA) is 112 Å². The molecule has 1 amide bonds. The molecule has 0 atom stereocenters. The molecule has 0 saturated heterocycles. The molecule has 0 bridgehead atoms. The Hall–Kier alpha value is -4.01. The Morgan fingerprint density at radius 2 is 1.76 bits per heavy atom. The van der Waals surface area contributed by atoms with Gasteiger partial charge in [0.05, 0.1) is 24.1 Å². The van der Waals surface area contributed by atoms with Crippen LogP contribution in [0.2, 0.25) is 0 Å². The van der Waals surface area contributed by atoms with Crippen LogP contribution in [-0.4, -0.2) is 46.6 Å². The van der Waals surface area contributed by atoms with Crippen molar-refractivity contribution >= 4 is 23.5 Å². The van der Waals surface area contributed by atoms with Crippen LogP contribution in [0, 0.1) is 6.92 Å². The fourth-order valence-electron chi connectivity index (χ4n) is 2.48. The molecule has 29 heavy (non-hydrogen) atoms. The third kappa shape index (κ3) is 4.83. The maximum Gasteiger partial charge on any atom is 0.361 e. The first-order valence-electron chi connectivity index (χ1n) is 8.62. The van der Waals surface area contributed by atoms with Crippen LogP contribution in [-0.2, 0) is 14.3 Å². The van der Waals surface area contributed by atoms with Gasteiger partial charge in [0.2, 0.25) is 0 Å². The molecule has 2 aromatic carbocycles. The molecule has 9 heteroatoms. The van der Waals surface area contributed by atoms with Crippen molar-refractivity contribution in [2.24, 2.45) is 0 Å². The fourth-order valence-corrected chi connectivity index (χ4v) is 2.48. The summed E-state index contributed by atoms with van der Waals surface area (Å²) in [5.74, 6) is -1.85. The smallest absolute Gasteiger partial charge is 0.361 e. The molecule has 0 fully saturated rings.